The molecule has 0 unspecified atom stereocenters. The number of alkyl halides is 1. The topological polar surface area (TPSA) is 0 Å². The third-order valence-corrected chi connectivity index (χ3v) is 4.15. The largest absolute Gasteiger partial charge is 0.205 e. The monoisotopic (exact) mass is 246 g/mol. The van der Waals surface area contributed by atoms with Gasteiger partial charge in [0.25, 0.3) is 0 Å². The average molecular weight is 247 g/mol. The smallest absolute Gasteiger partial charge is 0.144 e. The summed E-state index contributed by atoms with van der Waals surface area (Å²) in [5, 5.41) is 0.205. The van der Waals surface area contributed by atoms with Crippen molar-refractivity contribution in [1.29, 1.82) is 0 Å². The van der Waals surface area contributed by atoms with Crippen LogP contribution in [0.3, 0.4) is 0 Å². The molecule has 1 aliphatic carbocycles. The van der Waals surface area contributed by atoms with E-state index in [1.54, 1.807) is 18.2 Å². The summed E-state index contributed by atoms with van der Waals surface area (Å²) in [5.74, 6) is 0.328. The first kappa shape index (κ1) is 11.2. The van der Waals surface area contributed by atoms with Gasteiger partial charge in [-0.2, -0.15) is 0 Å². The summed E-state index contributed by atoms with van der Waals surface area (Å²) in [6.45, 7) is 0. The fourth-order valence-electron chi connectivity index (χ4n) is 2.12. The molecule has 1 aliphatic rings. The van der Waals surface area contributed by atoms with Crippen molar-refractivity contribution in [2.45, 2.75) is 25.7 Å². The van der Waals surface area contributed by atoms with E-state index in [4.69, 9.17) is 23.2 Å². The van der Waals surface area contributed by atoms with Crippen molar-refractivity contribution in [3.8, 4) is 0 Å². The van der Waals surface area contributed by atoms with E-state index in [0.717, 1.165) is 12.8 Å². The van der Waals surface area contributed by atoms with Gasteiger partial charge >= 0.3 is 0 Å². The Balaban J connectivity index is 2.20. The van der Waals surface area contributed by atoms with Crippen LogP contribution in [-0.2, 0) is 6.42 Å². The van der Waals surface area contributed by atoms with Gasteiger partial charge in [0.05, 0.1) is 5.02 Å². The Labute approximate surface area is 99.4 Å². The third-order valence-electron chi connectivity index (χ3n) is 3.29. The fraction of sp³-hybridized carbons (Fsp3) is 0.500. The maximum absolute atomic E-state index is 13.7. The van der Waals surface area contributed by atoms with Crippen molar-refractivity contribution in [2.75, 3.05) is 5.88 Å². The molecular weight excluding hydrogens is 234 g/mol. The van der Waals surface area contributed by atoms with Crippen molar-refractivity contribution < 1.29 is 4.39 Å². The van der Waals surface area contributed by atoms with E-state index in [9.17, 15) is 4.39 Å². The highest BCUT2D eigenvalue weighted by atomic mass is 35.5. The molecule has 0 radical (unpaired) electrons. The molecule has 0 nitrogen and oxygen atoms in total. The molecule has 3 heteroatoms. The number of rotatable bonds is 3. The molecule has 1 aromatic carbocycles. The Kier molecular flexibility index (Phi) is 3.22. The van der Waals surface area contributed by atoms with Gasteiger partial charge < -0.3 is 0 Å². The third kappa shape index (κ3) is 2.14. The first-order chi connectivity index (χ1) is 7.17. The Morgan fingerprint density at radius 1 is 1.33 bits per heavy atom. The minimum Gasteiger partial charge on any atom is -0.205 e. The molecule has 1 aromatic rings. The lowest BCUT2D eigenvalue weighted by Crippen LogP contribution is -2.33. The molecule has 0 saturated heterocycles. The summed E-state index contributed by atoms with van der Waals surface area (Å²) in [6, 6.07) is 5.17. The van der Waals surface area contributed by atoms with Gasteiger partial charge in [-0.05, 0) is 36.3 Å². The predicted molar refractivity (Wildman–Crippen MR) is 62.1 cm³/mol. The molecule has 1 fully saturated rings. The van der Waals surface area contributed by atoms with Crippen LogP contribution in [0.25, 0.3) is 0 Å². The van der Waals surface area contributed by atoms with Gasteiger partial charge in [-0.1, -0.05) is 30.2 Å². The minimum atomic E-state index is -0.282. The van der Waals surface area contributed by atoms with Crippen molar-refractivity contribution >= 4 is 23.2 Å². The molecule has 82 valence electrons. The van der Waals surface area contributed by atoms with Gasteiger partial charge in [0.1, 0.15) is 5.82 Å². The van der Waals surface area contributed by atoms with Crippen LogP contribution < -0.4 is 0 Å². The van der Waals surface area contributed by atoms with E-state index >= 15 is 0 Å². The Morgan fingerprint density at radius 3 is 2.60 bits per heavy atom. The standard InChI is InChI=1S/C12H13Cl2F/c13-8-12(5-2-6-12)7-9-3-1-4-10(14)11(9)15/h1,3-4H,2,5-8H2. The summed E-state index contributed by atoms with van der Waals surface area (Å²) < 4.78 is 13.7. The molecule has 0 N–H and O–H groups in total. The van der Waals surface area contributed by atoms with E-state index in [1.165, 1.54) is 6.42 Å². The van der Waals surface area contributed by atoms with Crippen molar-refractivity contribution in [3.63, 3.8) is 0 Å². The quantitative estimate of drug-likeness (QED) is 0.693. The molecule has 15 heavy (non-hydrogen) atoms. The second kappa shape index (κ2) is 4.31. The van der Waals surface area contributed by atoms with Gasteiger partial charge in [0.15, 0.2) is 0 Å². The van der Waals surface area contributed by atoms with Crippen LogP contribution in [0, 0.1) is 11.2 Å². The zero-order chi connectivity index (χ0) is 10.9. The van der Waals surface area contributed by atoms with E-state index in [-0.39, 0.29) is 16.3 Å². The normalized spacial score (nSPS) is 18.6. The Bertz CT molecular complexity index is 353. The van der Waals surface area contributed by atoms with Crippen LogP contribution in [0.15, 0.2) is 18.2 Å². The van der Waals surface area contributed by atoms with E-state index in [2.05, 4.69) is 0 Å². The first-order valence-electron chi connectivity index (χ1n) is 5.16. The minimum absolute atomic E-state index is 0.118. The summed E-state index contributed by atoms with van der Waals surface area (Å²) in [4.78, 5) is 0. The zero-order valence-electron chi connectivity index (χ0n) is 8.40. The highest BCUT2D eigenvalue weighted by Gasteiger charge is 2.36. The number of benzene rings is 1. The Hall–Kier alpha value is -0.270. The van der Waals surface area contributed by atoms with Gasteiger partial charge in [0, 0.05) is 5.88 Å². The van der Waals surface area contributed by atoms with Gasteiger partial charge in [0.2, 0.25) is 0 Å². The summed E-state index contributed by atoms with van der Waals surface area (Å²) in [7, 11) is 0. The predicted octanol–water partition coefficient (Wildman–Crippen LogP) is 4.43. The summed E-state index contributed by atoms with van der Waals surface area (Å²) in [5.41, 5.74) is 0.815. The number of halogens is 3. The Morgan fingerprint density at radius 2 is 2.07 bits per heavy atom. The number of hydrogen-bond donors (Lipinski definition) is 0. The molecule has 0 aliphatic heterocycles. The lowest BCUT2D eigenvalue weighted by atomic mass is 9.67. The first-order valence-corrected chi connectivity index (χ1v) is 6.07. The SMILES string of the molecule is Fc1c(Cl)cccc1CC1(CCl)CCC1. The van der Waals surface area contributed by atoms with Crippen LogP contribution in [0.1, 0.15) is 24.8 Å². The maximum Gasteiger partial charge on any atom is 0.144 e. The highest BCUT2D eigenvalue weighted by molar-refractivity contribution is 6.30. The summed E-state index contributed by atoms with van der Waals surface area (Å²) >= 11 is 11.7. The van der Waals surface area contributed by atoms with Crippen LogP contribution in [0.5, 0.6) is 0 Å². The average Bonchev–Trinajstić information content (AvgIpc) is 2.18. The molecule has 0 bridgehead atoms. The van der Waals surface area contributed by atoms with Crippen LogP contribution in [0.2, 0.25) is 5.02 Å². The van der Waals surface area contributed by atoms with Gasteiger partial charge in [-0.3, -0.25) is 0 Å². The molecule has 0 amide bonds. The summed E-state index contributed by atoms with van der Waals surface area (Å²) in [6.07, 6.45) is 4.11. The van der Waals surface area contributed by atoms with Crippen molar-refractivity contribution in [1.82, 2.24) is 0 Å². The maximum atomic E-state index is 13.7. The molecule has 2 rings (SSSR count). The molecule has 0 atom stereocenters. The second-order valence-corrected chi connectivity index (χ2v) is 5.05. The van der Waals surface area contributed by atoms with Gasteiger partial charge in [-0.15, -0.1) is 11.6 Å². The van der Waals surface area contributed by atoms with Gasteiger partial charge in [-0.25, -0.2) is 4.39 Å². The van der Waals surface area contributed by atoms with E-state index in [0.29, 0.717) is 17.9 Å². The highest BCUT2D eigenvalue weighted by Crippen LogP contribution is 2.45. The molecule has 1 saturated carbocycles. The molecular formula is C12H13Cl2F. The van der Waals surface area contributed by atoms with Crippen molar-refractivity contribution in [3.05, 3.63) is 34.6 Å². The molecule has 0 aromatic heterocycles. The van der Waals surface area contributed by atoms with Crippen LogP contribution in [-0.4, -0.2) is 5.88 Å². The second-order valence-electron chi connectivity index (χ2n) is 4.38. The van der Waals surface area contributed by atoms with E-state index < -0.39 is 0 Å². The number of hydrogen-bond acceptors (Lipinski definition) is 0. The zero-order valence-corrected chi connectivity index (χ0v) is 9.91. The van der Waals surface area contributed by atoms with Crippen LogP contribution in [0.4, 0.5) is 4.39 Å². The lowest BCUT2D eigenvalue weighted by molar-refractivity contribution is 0.164. The van der Waals surface area contributed by atoms with Crippen molar-refractivity contribution in [2.24, 2.45) is 5.41 Å². The van der Waals surface area contributed by atoms with E-state index in [1.807, 2.05) is 0 Å². The lowest BCUT2D eigenvalue weighted by Gasteiger charge is -2.40. The van der Waals surface area contributed by atoms with Crippen LogP contribution >= 0.6 is 23.2 Å². The molecule has 0 heterocycles. The molecule has 0 spiro atoms. The fourth-order valence-corrected chi connectivity index (χ4v) is 2.68.